The number of benzene rings is 1. The number of carbonyl (C=O) groups is 1. The zero-order chi connectivity index (χ0) is 19.4. The molecule has 154 valence electrons. The van der Waals surface area contributed by atoms with Crippen molar-refractivity contribution in [2.24, 2.45) is 11.3 Å². The first-order chi connectivity index (χ1) is 13.6. The van der Waals surface area contributed by atoms with E-state index in [1.165, 1.54) is 18.4 Å². The summed E-state index contributed by atoms with van der Waals surface area (Å²) in [6.07, 6.45) is 4.61. The zero-order valence-corrected chi connectivity index (χ0v) is 17.2. The third kappa shape index (κ3) is 4.94. The Balaban J connectivity index is 1.22. The van der Waals surface area contributed by atoms with Crippen molar-refractivity contribution in [3.8, 4) is 0 Å². The van der Waals surface area contributed by atoms with Crippen molar-refractivity contribution in [2.75, 3.05) is 45.9 Å². The van der Waals surface area contributed by atoms with Gasteiger partial charge in [0.1, 0.15) is 0 Å². The molecule has 5 heteroatoms. The van der Waals surface area contributed by atoms with Crippen LogP contribution in [0.25, 0.3) is 0 Å². The lowest BCUT2D eigenvalue weighted by Crippen LogP contribution is -2.53. The van der Waals surface area contributed by atoms with E-state index in [2.05, 4.69) is 52.4 Å². The summed E-state index contributed by atoms with van der Waals surface area (Å²) in [5.74, 6) is 0.403. The van der Waals surface area contributed by atoms with Crippen molar-refractivity contribution in [3.63, 3.8) is 0 Å². The molecule has 28 heavy (non-hydrogen) atoms. The summed E-state index contributed by atoms with van der Waals surface area (Å²) in [7, 11) is 0. The maximum absolute atomic E-state index is 12.7. The second-order valence-corrected chi connectivity index (χ2v) is 9.35. The Hall–Kier alpha value is -1.43. The molecule has 1 amide bonds. The quantitative estimate of drug-likeness (QED) is 0.817. The molecule has 3 aliphatic heterocycles. The number of ether oxygens (including phenoxy) is 1. The number of nitrogens with zero attached hydrogens (tertiary/aromatic N) is 2. The molecule has 0 aromatic heterocycles. The van der Waals surface area contributed by atoms with Gasteiger partial charge in [-0.25, -0.2) is 0 Å². The topological polar surface area (TPSA) is 44.8 Å². The molecule has 3 fully saturated rings. The molecule has 0 radical (unpaired) electrons. The Kier molecular flexibility index (Phi) is 6.34. The third-order valence-electron chi connectivity index (χ3n) is 6.74. The normalized spacial score (nSPS) is 26.5. The molecular weight excluding hydrogens is 350 g/mol. The van der Waals surface area contributed by atoms with Gasteiger partial charge in [-0.1, -0.05) is 37.3 Å². The lowest BCUT2D eigenvalue weighted by Gasteiger charge is -2.42. The first-order valence-corrected chi connectivity index (χ1v) is 11.0. The van der Waals surface area contributed by atoms with Crippen LogP contribution in [0.1, 0.15) is 38.2 Å². The summed E-state index contributed by atoms with van der Waals surface area (Å²) in [5, 5.41) is 3.20. The fraction of sp³-hybridized carbons (Fsp3) is 0.696. The maximum Gasteiger partial charge on any atom is 0.224 e. The van der Waals surface area contributed by atoms with Crippen molar-refractivity contribution in [1.29, 1.82) is 0 Å². The Morgan fingerprint density at radius 3 is 2.57 bits per heavy atom. The van der Waals surface area contributed by atoms with Crippen molar-refractivity contribution in [2.45, 2.75) is 45.2 Å². The standard InChI is InChI=1S/C23H35N3O2/c1-23(17-28-18-23)16-24-22(27)20-8-5-11-26(15-20)21-9-12-25(13-10-21)14-19-6-3-2-4-7-19/h2-4,6-7,20-21H,5,8-18H2,1H3,(H,24,27). The van der Waals surface area contributed by atoms with Crippen LogP contribution < -0.4 is 5.32 Å². The van der Waals surface area contributed by atoms with E-state index in [0.717, 1.165) is 65.3 Å². The molecular formula is C23H35N3O2. The second kappa shape index (κ2) is 8.93. The van der Waals surface area contributed by atoms with Gasteiger partial charge in [-0.3, -0.25) is 14.6 Å². The Morgan fingerprint density at radius 1 is 1.14 bits per heavy atom. The number of likely N-dealkylation sites (tertiary alicyclic amines) is 2. The molecule has 4 rings (SSSR count). The van der Waals surface area contributed by atoms with Gasteiger partial charge in [0, 0.05) is 31.1 Å². The van der Waals surface area contributed by atoms with Crippen LogP contribution in [0.3, 0.4) is 0 Å². The molecule has 0 aliphatic carbocycles. The highest BCUT2D eigenvalue weighted by Gasteiger charge is 2.36. The van der Waals surface area contributed by atoms with Crippen LogP contribution in [0.2, 0.25) is 0 Å². The fourth-order valence-corrected chi connectivity index (χ4v) is 4.83. The predicted octanol–water partition coefficient (Wildman–Crippen LogP) is 2.52. The molecule has 0 spiro atoms. The number of hydrogen-bond acceptors (Lipinski definition) is 4. The number of rotatable bonds is 6. The lowest BCUT2D eigenvalue weighted by atomic mass is 9.88. The van der Waals surface area contributed by atoms with E-state index in [4.69, 9.17) is 4.74 Å². The summed E-state index contributed by atoms with van der Waals surface area (Å²) in [6.45, 7) is 9.93. The second-order valence-electron chi connectivity index (χ2n) is 9.35. The molecule has 1 N–H and O–H groups in total. The number of piperidine rings is 2. The fourth-order valence-electron chi connectivity index (χ4n) is 4.83. The highest BCUT2D eigenvalue weighted by Crippen LogP contribution is 2.27. The number of hydrogen-bond donors (Lipinski definition) is 1. The van der Waals surface area contributed by atoms with E-state index in [-0.39, 0.29) is 17.2 Å². The van der Waals surface area contributed by atoms with E-state index in [9.17, 15) is 4.79 Å². The zero-order valence-electron chi connectivity index (χ0n) is 17.2. The summed E-state index contributed by atoms with van der Waals surface area (Å²) in [5.41, 5.74) is 1.55. The SMILES string of the molecule is CC1(CNC(=O)C2CCCN(C3CCN(Cc4ccccc4)CC3)C2)COC1. The molecule has 1 aromatic carbocycles. The van der Waals surface area contributed by atoms with E-state index >= 15 is 0 Å². The van der Waals surface area contributed by atoms with Gasteiger partial charge in [0.05, 0.1) is 19.1 Å². The summed E-state index contributed by atoms with van der Waals surface area (Å²) in [4.78, 5) is 17.9. The van der Waals surface area contributed by atoms with Crippen molar-refractivity contribution in [1.82, 2.24) is 15.1 Å². The first-order valence-electron chi connectivity index (χ1n) is 11.0. The number of nitrogens with one attached hydrogen (secondary N) is 1. The van der Waals surface area contributed by atoms with Gasteiger partial charge in [0.25, 0.3) is 0 Å². The van der Waals surface area contributed by atoms with E-state index in [1.54, 1.807) is 0 Å². The van der Waals surface area contributed by atoms with Crippen LogP contribution in [-0.4, -0.2) is 67.7 Å². The van der Waals surface area contributed by atoms with Gasteiger partial charge in [-0.2, -0.15) is 0 Å². The minimum absolute atomic E-state index is 0.148. The molecule has 0 saturated carbocycles. The smallest absolute Gasteiger partial charge is 0.224 e. The minimum atomic E-state index is 0.148. The molecule has 1 atom stereocenters. The minimum Gasteiger partial charge on any atom is -0.380 e. The monoisotopic (exact) mass is 385 g/mol. The van der Waals surface area contributed by atoms with E-state index in [1.807, 2.05) is 0 Å². The van der Waals surface area contributed by atoms with Crippen LogP contribution in [-0.2, 0) is 16.1 Å². The molecule has 3 saturated heterocycles. The summed E-state index contributed by atoms with van der Waals surface area (Å²) >= 11 is 0. The largest absolute Gasteiger partial charge is 0.380 e. The molecule has 1 aromatic rings. The average molecular weight is 386 g/mol. The molecule has 3 heterocycles. The maximum atomic E-state index is 12.7. The van der Waals surface area contributed by atoms with Crippen LogP contribution in [0.5, 0.6) is 0 Å². The summed E-state index contributed by atoms with van der Waals surface area (Å²) < 4.78 is 5.29. The van der Waals surface area contributed by atoms with Crippen LogP contribution >= 0.6 is 0 Å². The molecule has 3 aliphatic rings. The van der Waals surface area contributed by atoms with Crippen LogP contribution in [0.15, 0.2) is 30.3 Å². The number of amides is 1. The van der Waals surface area contributed by atoms with Gasteiger partial charge in [-0.05, 0) is 50.9 Å². The van der Waals surface area contributed by atoms with Crippen molar-refractivity contribution < 1.29 is 9.53 Å². The Labute approximate surface area is 169 Å². The molecule has 1 unspecified atom stereocenters. The summed E-state index contributed by atoms with van der Waals surface area (Å²) in [6, 6.07) is 11.4. The van der Waals surface area contributed by atoms with Crippen molar-refractivity contribution >= 4 is 5.91 Å². The predicted molar refractivity (Wildman–Crippen MR) is 111 cm³/mol. The van der Waals surface area contributed by atoms with Gasteiger partial charge in [-0.15, -0.1) is 0 Å². The van der Waals surface area contributed by atoms with Gasteiger partial charge >= 0.3 is 0 Å². The number of carbonyl (C=O) groups excluding carboxylic acids is 1. The molecule has 0 bridgehead atoms. The van der Waals surface area contributed by atoms with E-state index in [0.29, 0.717) is 6.04 Å². The third-order valence-corrected chi connectivity index (χ3v) is 6.74. The van der Waals surface area contributed by atoms with Gasteiger partial charge < -0.3 is 10.1 Å². The Bertz CT molecular complexity index is 639. The van der Waals surface area contributed by atoms with E-state index < -0.39 is 0 Å². The lowest BCUT2D eigenvalue weighted by molar-refractivity contribution is -0.132. The van der Waals surface area contributed by atoms with Gasteiger partial charge in [0.2, 0.25) is 5.91 Å². The van der Waals surface area contributed by atoms with Crippen LogP contribution in [0, 0.1) is 11.3 Å². The average Bonchev–Trinajstić information content (AvgIpc) is 2.72. The first kappa shape index (κ1) is 19.9. The highest BCUT2D eigenvalue weighted by molar-refractivity contribution is 5.79. The van der Waals surface area contributed by atoms with Crippen molar-refractivity contribution in [3.05, 3.63) is 35.9 Å². The van der Waals surface area contributed by atoms with Crippen LogP contribution in [0.4, 0.5) is 0 Å². The highest BCUT2D eigenvalue weighted by atomic mass is 16.5. The molecule has 5 nitrogen and oxygen atoms in total. The van der Waals surface area contributed by atoms with Gasteiger partial charge in [0.15, 0.2) is 0 Å². The Morgan fingerprint density at radius 2 is 1.89 bits per heavy atom.